The van der Waals surface area contributed by atoms with E-state index in [1.807, 2.05) is 31.2 Å². The number of anilines is 1. The number of nitrogens with zero attached hydrogens (tertiary/aromatic N) is 4. The van der Waals surface area contributed by atoms with Crippen LogP contribution >= 0.6 is 11.5 Å². The number of carbonyl (C=O) groups is 1. The first-order chi connectivity index (χ1) is 12.5. The number of amides is 2. The van der Waals surface area contributed by atoms with Gasteiger partial charge in [-0.15, -0.1) is 5.10 Å². The van der Waals surface area contributed by atoms with Crippen molar-refractivity contribution in [2.75, 3.05) is 5.32 Å². The molecule has 136 valence electrons. The van der Waals surface area contributed by atoms with Crippen LogP contribution in [0.25, 0.3) is 0 Å². The van der Waals surface area contributed by atoms with E-state index in [4.69, 9.17) is 0 Å². The first-order valence-electron chi connectivity index (χ1n) is 8.34. The van der Waals surface area contributed by atoms with Crippen molar-refractivity contribution in [1.29, 1.82) is 0 Å². The summed E-state index contributed by atoms with van der Waals surface area (Å²) in [7, 11) is 0. The maximum atomic E-state index is 12.1. The largest absolute Gasteiger partial charge is 0.333 e. The van der Waals surface area contributed by atoms with Gasteiger partial charge in [-0.25, -0.2) is 9.78 Å². The molecule has 2 heterocycles. The van der Waals surface area contributed by atoms with Crippen LogP contribution in [-0.4, -0.2) is 30.8 Å². The van der Waals surface area contributed by atoms with Crippen LogP contribution in [0.2, 0.25) is 0 Å². The van der Waals surface area contributed by atoms with Crippen LogP contribution < -0.4 is 10.6 Å². The average molecular weight is 371 g/mol. The molecule has 3 N–H and O–H groups in total. The fraction of sp³-hybridized carbons (Fsp3) is 0.353. The summed E-state index contributed by atoms with van der Waals surface area (Å²) in [5, 5.41) is 16.7. The first-order valence-corrected chi connectivity index (χ1v) is 9.11. The summed E-state index contributed by atoms with van der Waals surface area (Å²) in [4.78, 5) is 17.4. The minimum absolute atomic E-state index is 0.259. The van der Waals surface area contributed by atoms with Gasteiger partial charge >= 0.3 is 6.03 Å². The van der Waals surface area contributed by atoms with Crippen LogP contribution in [0.5, 0.6) is 0 Å². The fourth-order valence-electron chi connectivity index (χ4n) is 2.47. The second-order valence-corrected chi connectivity index (χ2v) is 7.09. The molecule has 3 rings (SSSR count). The van der Waals surface area contributed by atoms with Gasteiger partial charge in [-0.3, -0.25) is 5.10 Å². The van der Waals surface area contributed by atoms with Crippen molar-refractivity contribution < 1.29 is 4.79 Å². The normalized spacial score (nSPS) is 10.9. The van der Waals surface area contributed by atoms with E-state index in [9.17, 15) is 4.79 Å². The van der Waals surface area contributed by atoms with Crippen LogP contribution in [0.3, 0.4) is 0 Å². The van der Waals surface area contributed by atoms with Gasteiger partial charge in [0.15, 0.2) is 5.82 Å². The summed E-state index contributed by atoms with van der Waals surface area (Å²) in [6, 6.07) is 7.37. The van der Waals surface area contributed by atoms with E-state index in [1.165, 1.54) is 11.5 Å². The third kappa shape index (κ3) is 4.63. The highest BCUT2D eigenvalue weighted by molar-refractivity contribution is 7.05. The third-order valence-electron chi connectivity index (χ3n) is 3.76. The molecule has 1 aromatic carbocycles. The molecule has 0 aliphatic heterocycles. The standard InChI is InChI=1S/C17H21N7OS/c1-10(2)16-14(26-24-23-16)9-18-17(25)20-13-6-4-12(5-7-13)8-15-19-11(3)21-22-15/h4-7,10H,8-9H2,1-3H3,(H2,18,20,25)(H,19,21,22). The highest BCUT2D eigenvalue weighted by Crippen LogP contribution is 2.19. The van der Waals surface area contributed by atoms with Crippen LogP contribution in [-0.2, 0) is 13.0 Å². The molecular formula is C17H21N7OS. The van der Waals surface area contributed by atoms with Crippen molar-refractivity contribution in [2.24, 2.45) is 0 Å². The van der Waals surface area contributed by atoms with Crippen LogP contribution in [0, 0.1) is 6.92 Å². The molecule has 0 atom stereocenters. The lowest BCUT2D eigenvalue weighted by molar-refractivity contribution is 0.252. The van der Waals surface area contributed by atoms with Gasteiger partial charge in [0, 0.05) is 12.1 Å². The Balaban J connectivity index is 1.52. The number of hydrogen-bond acceptors (Lipinski definition) is 6. The number of aryl methyl sites for hydroxylation is 1. The molecule has 2 aromatic heterocycles. The minimum Gasteiger partial charge on any atom is -0.333 e. The molecule has 0 radical (unpaired) electrons. The van der Waals surface area contributed by atoms with Crippen molar-refractivity contribution >= 4 is 23.3 Å². The van der Waals surface area contributed by atoms with Crippen molar-refractivity contribution in [3.8, 4) is 0 Å². The van der Waals surface area contributed by atoms with Crippen LogP contribution in [0.4, 0.5) is 10.5 Å². The number of urea groups is 1. The predicted octanol–water partition coefficient (Wildman–Crippen LogP) is 3.00. The van der Waals surface area contributed by atoms with Gasteiger partial charge in [0.2, 0.25) is 0 Å². The minimum atomic E-state index is -0.259. The van der Waals surface area contributed by atoms with Crippen LogP contribution in [0.15, 0.2) is 24.3 Å². The van der Waals surface area contributed by atoms with Crippen molar-refractivity contribution in [1.82, 2.24) is 30.1 Å². The second kappa shape index (κ2) is 8.05. The summed E-state index contributed by atoms with van der Waals surface area (Å²) in [6.45, 7) is 6.40. The fourth-order valence-corrected chi connectivity index (χ4v) is 3.20. The van der Waals surface area contributed by atoms with Gasteiger partial charge in [0.1, 0.15) is 5.82 Å². The number of aromatic amines is 1. The number of rotatable bonds is 6. The Morgan fingerprint density at radius 2 is 2.04 bits per heavy atom. The number of carbonyl (C=O) groups excluding carboxylic acids is 1. The number of nitrogens with one attached hydrogen (secondary N) is 3. The Kier molecular flexibility index (Phi) is 5.57. The predicted molar refractivity (Wildman–Crippen MR) is 100 cm³/mol. The molecule has 3 aromatic rings. The Hall–Kier alpha value is -2.81. The quantitative estimate of drug-likeness (QED) is 0.617. The van der Waals surface area contributed by atoms with Gasteiger partial charge in [0.05, 0.1) is 17.1 Å². The zero-order valence-corrected chi connectivity index (χ0v) is 15.7. The molecule has 0 aliphatic rings. The number of H-pyrrole nitrogens is 1. The summed E-state index contributed by atoms with van der Waals surface area (Å²) in [5.41, 5.74) is 2.73. The number of aromatic nitrogens is 5. The van der Waals surface area contributed by atoms with Gasteiger partial charge in [-0.05, 0) is 42.1 Å². The van der Waals surface area contributed by atoms with E-state index in [0.717, 1.165) is 33.5 Å². The van der Waals surface area contributed by atoms with E-state index in [0.29, 0.717) is 13.0 Å². The Morgan fingerprint density at radius 1 is 1.27 bits per heavy atom. The summed E-state index contributed by atoms with van der Waals surface area (Å²) in [5.74, 6) is 1.83. The Morgan fingerprint density at radius 3 is 2.69 bits per heavy atom. The molecule has 0 bridgehead atoms. The van der Waals surface area contributed by atoms with Gasteiger partial charge in [-0.2, -0.15) is 5.10 Å². The first kappa shape index (κ1) is 18.0. The highest BCUT2D eigenvalue weighted by atomic mass is 32.1. The molecule has 0 aliphatic carbocycles. The van der Waals surface area contributed by atoms with Gasteiger partial charge in [-0.1, -0.05) is 30.5 Å². The van der Waals surface area contributed by atoms with Gasteiger partial charge in [0.25, 0.3) is 0 Å². The summed E-state index contributed by atoms with van der Waals surface area (Å²) >= 11 is 1.31. The molecule has 8 nitrogen and oxygen atoms in total. The molecule has 0 spiro atoms. The summed E-state index contributed by atoms with van der Waals surface area (Å²) < 4.78 is 3.96. The maximum absolute atomic E-state index is 12.1. The number of benzene rings is 1. The zero-order valence-electron chi connectivity index (χ0n) is 14.9. The van der Waals surface area contributed by atoms with E-state index < -0.39 is 0 Å². The Bertz CT molecular complexity index is 869. The summed E-state index contributed by atoms with van der Waals surface area (Å²) in [6.07, 6.45) is 0.646. The van der Waals surface area contributed by atoms with E-state index >= 15 is 0 Å². The lowest BCUT2D eigenvalue weighted by Gasteiger charge is -2.08. The highest BCUT2D eigenvalue weighted by Gasteiger charge is 2.12. The molecule has 2 amide bonds. The molecule has 0 saturated heterocycles. The SMILES string of the molecule is Cc1nc(Cc2ccc(NC(=O)NCc3snnc3C(C)C)cc2)n[nH]1. The molecule has 0 unspecified atom stereocenters. The molecule has 0 saturated carbocycles. The van der Waals surface area contributed by atoms with E-state index in [2.05, 4.69) is 49.2 Å². The Labute approximate surface area is 155 Å². The van der Waals surface area contributed by atoms with Crippen molar-refractivity contribution in [2.45, 2.75) is 39.7 Å². The lowest BCUT2D eigenvalue weighted by Crippen LogP contribution is -2.28. The lowest BCUT2D eigenvalue weighted by atomic mass is 10.1. The smallest absolute Gasteiger partial charge is 0.319 e. The van der Waals surface area contributed by atoms with Gasteiger partial charge < -0.3 is 10.6 Å². The second-order valence-electron chi connectivity index (χ2n) is 6.25. The van der Waals surface area contributed by atoms with Crippen molar-refractivity contribution in [3.63, 3.8) is 0 Å². The van der Waals surface area contributed by atoms with Crippen molar-refractivity contribution in [3.05, 3.63) is 52.0 Å². The monoisotopic (exact) mass is 371 g/mol. The average Bonchev–Trinajstić information content (AvgIpc) is 3.24. The maximum Gasteiger partial charge on any atom is 0.319 e. The molecule has 26 heavy (non-hydrogen) atoms. The molecular weight excluding hydrogens is 350 g/mol. The molecule has 9 heteroatoms. The van der Waals surface area contributed by atoms with E-state index in [1.54, 1.807) is 0 Å². The van der Waals surface area contributed by atoms with Crippen LogP contribution in [0.1, 0.15) is 47.5 Å². The zero-order chi connectivity index (χ0) is 18.5. The van der Waals surface area contributed by atoms with E-state index in [-0.39, 0.29) is 11.9 Å². The topological polar surface area (TPSA) is 108 Å². The third-order valence-corrected chi connectivity index (χ3v) is 4.50. The molecule has 0 fully saturated rings. The number of hydrogen-bond donors (Lipinski definition) is 3.